The summed E-state index contributed by atoms with van der Waals surface area (Å²) in [5.41, 5.74) is 0. The van der Waals surface area contributed by atoms with Gasteiger partial charge in [-0.2, -0.15) is 0 Å². The smallest absolute Gasteiger partial charge is 0.138 e. The Morgan fingerprint density at radius 2 is 2.44 bits per heavy atom. The van der Waals surface area contributed by atoms with Crippen LogP contribution in [0.15, 0.2) is 0 Å². The van der Waals surface area contributed by atoms with Gasteiger partial charge in [-0.25, -0.2) is 0 Å². The lowest BCUT2D eigenvalue weighted by molar-refractivity contribution is -0.126. The first-order valence-electron chi connectivity index (χ1n) is 3.24. The molecule has 0 aromatic carbocycles. The minimum Gasteiger partial charge on any atom is -0.392 e. The van der Waals surface area contributed by atoms with Crippen LogP contribution < -0.4 is 0 Å². The van der Waals surface area contributed by atoms with Crippen LogP contribution in [0.25, 0.3) is 0 Å². The SMILES string of the molecule is C[C@@H]1C(=O)C[CH]C[C@@H]1O. The number of aliphatic hydroxyl groups is 1. The molecule has 1 N–H and O–H groups in total. The van der Waals surface area contributed by atoms with Crippen LogP contribution in [0.1, 0.15) is 19.8 Å². The molecule has 51 valence electrons. The molecule has 0 heterocycles. The fourth-order valence-electron chi connectivity index (χ4n) is 1.00. The molecule has 0 saturated heterocycles. The number of rotatable bonds is 0. The van der Waals surface area contributed by atoms with Crippen molar-refractivity contribution in [2.24, 2.45) is 5.92 Å². The largest absolute Gasteiger partial charge is 0.392 e. The molecule has 0 aromatic rings. The van der Waals surface area contributed by atoms with Crippen molar-refractivity contribution < 1.29 is 9.90 Å². The van der Waals surface area contributed by atoms with E-state index in [-0.39, 0.29) is 11.7 Å². The third-order valence-electron chi connectivity index (χ3n) is 1.84. The van der Waals surface area contributed by atoms with E-state index < -0.39 is 6.10 Å². The van der Waals surface area contributed by atoms with Gasteiger partial charge in [0.2, 0.25) is 0 Å². The van der Waals surface area contributed by atoms with Crippen LogP contribution in [0.2, 0.25) is 0 Å². The van der Waals surface area contributed by atoms with E-state index in [0.29, 0.717) is 12.8 Å². The topological polar surface area (TPSA) is 37.3 Å². The molecule has 0 spiro atoms. The van der Waals surface area contributed by atoms with E-state index in [1.165, 1.54) is 0 Å². The summed E-state index contributed by atoms with van der Waals surface area (Å²) in [5, 5.41) is 9.10. The van der Waals surface area contributed by atoms with Gasteiger partial charge in [-0.15, -0.1) is 0 Å². The number of carbonyl (C=O) groups excluding carboxylic acids is 1. The van der Waals surface area contributed by atoms with Crippen molar-refractivity contribution in [1.29, 1.82) is 0 Å². The predicted molar refractivity (Wildman–Crippen MR) is 33.7 cm³/mol. The molecular weight excluding hydrogens is 116 g/mol. The second-order valence-electron chi connectivity index (χ2n) is 2.55. The van der Waals surface area contributed by atoms with E-state index in [1.807, 2.05) is 6.42 Å². The molecule has 0 bridgehead atoms. The molecule has 1 aliphatic carbocycles. The van der Waals surface area contributed by atoms with Crippen LogP contribution in [0.5, 0.6) is 0 Å². The first-order valence-corrected chi connectivity index (χ1v) is 3.24. The maximum absolute atomic E-state index is 10.8. The number of hydrogen-bond donors (Lipinski definition) is 1. The van der Waals surface area contributed by atoms with E-state index in [9.17, 15) is 4.79 Å². The molecule has 2 atom stereocenters. The van der Waals surface area contributed by atoms with Gasteiger partial charge in [0.1, 0.15) is 5.78 Å². The maximum Gasteiger partial charge on any atom is 0.138 e. The Labute approximate surface area is 54.9 Å². The summed E-state index contributed by atoms with van der Waals surface area (Å²) in [6.07, 6.45) is 2.63. The quantitative estimate of drug-likeness (QED) is 0.516. The van der Waals surface area contributed by atoms with Gasteiger partial charge in [0, 0.05) is 12.3 Å². The highest BCUT2D eigenvalue weighted by Gasteiger charge is 2.25. The van der Waals surface area contributed by atoms with E-state index >= 15 is 0 Å². The van der Waals surface area contributed by atoms with Gasteiger partial charge in [-0.05, 0) is 12.8 Å². The lowest BCUT2D eigenvalue weighted by atomic mass is 9.87. The summed E-state index contributed by atoms with van der Waals surface area (Å²) in [5.74, 6) is 0.0174. The third kappa shape index (κ3) is 1.30. The van der Waals surface area contributed by atoms with E-state index in [0.717, 1.165) is 0 Å². The maximum atomic E-state index is 10.8. The number of aliphatic hydroxyl groups excluding tert-OH is 1. The van der Waals surface area contributed by atoms with Gasteiger partial charge < -0.3 is 5.11 Å². The summed E-state index contributed by atoms with van der Waals surface area (Å²) < 4.78 is 0. The summed E-state index contributed by atoms with van der Waals surface area (Å²) >= 11 is 0. The van der Waals surface area contributed by atoms with Gasteiger partial charge in [0.15, 0.2) is 0 Å². The molecular formula is C7H11O2. The lowest BCUT2D eigenvalue weighted by Gasteiger charge is -2.21. The second kappa shape index (κ2) is 2.48. The highest BCUT2D eigenvalue weighted by atomic mass is 16.3. The molecule has 0 unspecified atom stereocenters. The van der Waals surface area contributed by atoms with Crippen LogP contribution in [0, 0.1) is 12.3 Å². The Kier molecular flexibility index (Phi) is 1.86. The molecule has 1 aliphatic rings. The Hall–Kier alpha value is -0.370. The summed E-state index contributed by atoms with van der Waals surface area (Å²) in [6.45, 7) is 1.78. The molecule has 0 aromatic heterocycles. The fraction of sp³-hybridized carbons (Fsp3) is 0.714. The highest BCUT2D eigenvalue weighted by molar-refractivity contribution is 5.83. The Bertz CT molecular complexity index is 120. The molecule has 1 fully saturated rings. The standard InChI is InChI=1S/C7H11O2/c1-5-6(8)3-2-4-7(5)9/h2,5-6,8H,3-4H2,1H3/t5-,6-/m0/s1. The zero-order valence-electron chi connectivity index (χ0n) is 5.50. The fourth-order valence-corrected chi connectivity index (χ4v) is 1.00. The normalized spacial score (nSPS) is 36.9. The molecule has 1 radical (unpaired) electrons. The summed E-state index contributed by atoms with van der Waals surface area (Å²) in [6, 6.07) is 0. The average Bonchev–Trinajstić information content (AvgIpc) is 1.83. The molecule has 1 rings (SSSR count). The van der Waals surface area contributed by atoms with Gasteiger partial charge in [-0.3, -0.25) is 4.79 Å². The van der Waals surface area contributed by atoms with E-state index in [1.54, 1.807) is 6.92 Å². The van der Waals surface area contributed by atoms with Gasteiger partial charge in [0.05, 0.1) is 6.10 Å². The summed E-state index contributed by atoms with van der Waals surface area (Å²) in [7, 11) is 0. The second-order valence-corrected chi connectivity index (χ2v) is 2.55. The first kappa shape index (κ1) is 6.75. The van der Waals surface area contributed by atoms with Crippen molar-refractivity contribution in [3.8, 4) is 0 Å². The van der Waals surface area contributed by atoms with Crippen LogP contribution in [0.4, 0.5) is 0 Å². The van der Waals surface area contributed by atoms with Gasteiger partial charge in [0.25, 0.3) is 0 Å². The van der Waals surface area contributed by atoms with Crippen molar-refractivity contribution in [3.05, 3.63) is 6.42 Å². The number of carbonyl (C=O) groups is 1. The van der Waals surface area contributed by atoms with Crippen LogP contribution in [-0.4, -0.2) is 17.0 Å². The first-order chi connectivity index (χ1) is 4.22. The molecule has 9 heavy (non-hydrogen) atoms. The Morgan fingerprint density at radius 3 is 2.89 bits per heavy atom. The van der Waals surface area contributed by atoms with Crippen molar-refractivity contribution in [2.45, 2.75) is 25.9 Å². The van der Waals surface area contributed by atoms with Crippen molar-refractivity contribution >= 4 is 5.78 Å². The number of hydrogen-bond acceptors (Lipinski definition) is 2. The molecule has 1 saturated carbocycles. The molecule has 2 heteroatoms. The van der Waals surface area contributed by atoms with Crippen LogP contribution in [0.3, 0.4) is 0 Å². The highest BCUT2D eigenvalue weighted by Crippen LogP contribution is 2.19. The van der Waals surface area contributed by atoms with Crippen LogP contribution in [-0.2, 0) is 4.79 Å². The molecule has 0 amide bonds. The molecule has 0 aliphatic heterocycles. The predicted octanol–water partition coefficient (Wildman–Crippen LogP) is 0.551. The third-order valence-corrected chi connectivity index (χ3v) is 1.84. The lowest BCUT2D eigenvalue weighted by Crippen LogP contribution is -2.30. The number of Topliss-reactive ketones (excluding diaryl/α,β-unsaturated/α-hetero) is 1. The van der Waals surface area contributed by atoms with Crippen molar-refractivity contribution in [2.75, 3.05) is 0 Å². The zero-order chi connectivity index (χ0) is 6.85. The van der Waals surface area contributed by atoms with Crippen LogP contribution >= 0.6 is 0 Å². The zero-order valence-corrected chi connectivity index (χ0v) is 5.50. The average molecular weight is 127 g/mol. The van der Waals surface area contributed by atoms with E-state index in [4.69, 9.17) is 5.11 Å². The Balaban J connectivity index is 2.51. The Morgan fingerprint density at radius 1 is 1.78 bits per heavy atom. The van der Waals surface area contributed by atoms with Gasteiger partial charge >= 0.3 is 0 Å². The van der Waals surface area contributed by atoms with Gasteiger partial charge in [-0.1, -0.05) is 6.92 Å². The minimum absolute atomic E-state index is 0.144. The number of ketones is 1. The van der Waals surface area contributed by atoms with Crippen molar-refractivity contribution in [3.63, 3.8) is 0 Å². The van der Waals surface area contributed by atoms with E-state index in [2.05, 4.69) is 0 Å². The monoisotopic (exact) mass is 127 g/mol. The molecule has 2 nitrogen and oxygen atoms in total. The minimum atomic E-state index is -0.425. The summed E-state index contributed by atoms with van der Waals surface area (Å²) in [4.78, 5) is 10.8. The van der Waals surface area contributed by atoms with Crippen molar-refractivity contribution in [1.82, 2.24) is 0 Å².